The van der Waals surface area contributed by atoms with Crippen molar-refractivity contribution in [3.8, 4) is 17.2 Å². The van der Waals surface area contributed by atoms with E-state index in [1.165, 1.54) is 0 Å². The Bertz CT molecular complexity index is 1460. The molecule has 0 bridgehead atoms. The first kappa shape index (κ1) is 30.7. The van der Waals surface area contributed by atoms with Crippen LogP contribution in [-0.2, 0) is 53.3 Å². The lowest BCUT2D eigenvalue weighted by Crippen LogP contribution is -2.07. The number of rotatable bonds is 15. The van der Waals surface area contributed by atoms with Gasteiger partial charge in [0.25, 0.3) is 0 Å². The number of halogens is 3. The van der Waals surface area contributed by atoms with E-state index in [-0.39, 0.29) is 18.3 Å². The van der Waals surface area contributed by atoms with Crippen LogP contribution in [0.4, 0.5) is 0 Å². The van der Waals surface area contributed by atoms with Gasteiger partial charge in [-0.05, 0) is 69.8 Å². The maximum absolute atomic E-state index is 6.59. The predicted molar refractivity (Wildman–Crippen MR) is 174 cm³/mol. The number of para-hydroxylation sites is 3. The summed E-state index contributed by atoms with van der Waals surface area (Å²) < 4.78 is 35.4. The minimum atomic E-state index is 0.220. The van der Waals surface area contributed by atoms with Crippen molar-refractivity contribution < 1.29 is 28.4 Å². The number of hydrogen-bond acceptors (Lipinski definition) is 6. The van der Waals surface area contributed by atoms with Crippen LogP contribution >= 0.6 is 34.8 Å². The van der Waals surface area contributed by atoms with E-state index in [2.05, 4.69) is 18.2 Å². The summed E-state index contributed by atoms with van der Waals surface area (Å²) in [7, 11) is 0. The summed E-state index contributed by atoms with van der Waals surface area (Å²) >= 11 is 19.8. The number of benzene rings is 4. The fraction of sp³-hybridized carbons (Fsp3) is 0.333. The fourth-order valence-electron chi connectivity index (χ4n) is 5.48. The normalized spacial score (nSPS) is 19.7. The van der Waals surface area contributed by atoms with Crippen LogP contribution in [0.15, 0.2) is 72.8 Å². The van der Waals surface area contributed by atoms with Crippen molar-refractivity contribution >= 4 is 34.8 Å². The molecule has 0 amide bonds. The molecule has 3 fully saturated rings. The summed E-state index contributed by atoms with van der Waals surface area (Å²) in [6.45, 7) is 3.23. The van der Waals surface area contributed by atoms with Crippen molar-refractivity contribution in [3.63, 3.8) is 0 Å². The van der Waals surface area contributed by atoms with E-state index in [1.54, 1.807) is 0 Å². The first-order valence-electron chi connectivity index (χ1n) is 15.2. The Hall–Kier alpha value is -2.97. The Morgan fingerprint density at radius 3 is 1.04 bits per heavy atom. The highest BCUT2D eigenvalue weighted by Crippen LogP contribution is 2.35. The molecule has 3 aliphatic rings. The van der Waals surface area contributed by atoms with Crippen molar-refractivity contribution in [2.45, 2.75) is 57.4 Å². The van der Waals surface area contributed by atoms with Gasteiger partial charge in [0.05, 0.1) is 53.2 Å². The summed E-state index contributed by atoms with van der Waals surface area (Å²) in [6.07, 6.45) is 2.95. The van der Waals surface area contributed by atoms with Crippen LogP contribution in [-0.4, -0.2) is 38.1 Å². The van der Waals surface area contributed by atoms with Gasteiger partial charge < -0.3 is 28.4 Å². The van der Waals surface area contributed by atoms with E-state index in [0.717, 1.165) is 72.5 Å². The minimum absolute atomic E-state index is 0.220. The Morgan fingerprint density at radius 1 is 0.489 bits per heavy atom. The Labute approximate surface area is 278 Å². The second-order valence-electron chi connectivity index (χ2n) is 11.7. The summed E-state index contributed by atoms with van der Waals surface area (Å²) in [5.41, 5.74) is 5.97. The first-order valence-corrected chi connectivity index (χ1v) is 16.3. The van der Waals surface area contributed by atoms with E-state index in [1.807, 2.05) is 54.6 Å². The van der Waals surface area contributed by atoms with E-state index in [0.29, 0.717) is 52.1 Å². The zero-order chi connectivity index (χ0) is 30.8. The quantitative estimate of drug-likeness (QED) is 0.119. The summed E-state index contributed by atoms with van der Waals surface area (Å²) in [5.74, 6) is 2.04. The highest BCUT2D eigenvalue weighted by atomic mass is 35.5. The van der Waals surface area contributed by atoms with E-state index in [4.69, 9.17) is 63.2 Å². The minimum Gasteiger partial charge on any atom is -0.487 e. The molecule has 234 valence electrons. The second kappa shape index (κ2) is 13.8. The monoisotopic (exact) mass is 666 g/mol. The predicted octanol–water partition coefficient (Wildman–Crippen LogP) is 8.21. The highest BCUT2D eigenvalue weighted by molar-refractivity contribution is 6.32. The third kappa shape index (κ3) is 8.25. The Morgan fingerprint density at radius 2 is 0.778 bits per heavy atom. The summed E-state index contributed by atoms with van der Waals surface area (Å²) in [6, 6.07) is 23.7. The lowest BCUT2D eigenvalue weighted by Gasteiger charge is -2.17. The second-order valence-corrected chi connectivity index (χ2v) is 12.9. The van der Waals surface area contributed by atoms with Crippen molar-refractivity contribution in [2.75, 3.05) is 19.8 Å². The molecule has 0 aromatic heterocycles. The van der Waals surface area contributed by atoms with Gasteiger partial charge in [-0.25, -0.2) is 0 Å². The van der Waals surface area contributed by atoms with Gasteiger partial charge in [-0.1, -0.05) is 71.2 Å². The third-order valence-electron chi connectivity index (χ3n) is 7.96. The van der Waals surface area contributed by atoms with Crippen molar-refractivity contribution in [1.29, 1.82) is 0 Å². The van der Waals surface area contributed by atoms with Crippen LogP contribution in [0, 0.1) is 0 Å². The van der Waals surface area contributed by atoms with Gasteiger partial charge in [-0.3, -0.25) is 0 Å². The van der Waals surface area contributed by atoms with Crippen LogP contribution in [0.2, 0.25) is 15.1 Å². The van der Waals surface area contributed by atoms with Crippen LogP contribution in [0.25, 0.3) is 0 Å². The summed E-state index contributed by atoms with van der Waals surface area (Å²) in [4.78, 5) is 0. The van der Waals surface area contributed by atoms with Crippen molar-refractivity contribution in [1.82, 2.24) is 0 Å². The lowest BCUT2D eigenvalue weighted by molar-refractivity contribution is 0.289. The molecule has 4 aromatic carbocycles. The van der Waals surface area contributed by atoms with Crippen molar-refractivity contribution in [3.05, 3.63) is 121 Å². The molecule has 0 N–H and O–H groups in total. The first-order chi connectivity index (χ1) is 22.0. The molecule has 0 spiro atoms. The molecule has 3 unspecified atom stereocenters. The average Bonchev–Trinajstić information content (AvgIpc) is 3.86. The van der Waals surface area contributed by atoms with Gasteiger partial charge in [-0.2, -0.15) is 0 Å². The molecule has 4 aromatic rings. The maximum atomic E-state index is 6.59. The molecule has 3 heterocycles. The summed E-state index contributed by atoms with van der Waals surface area (Å²) in [5, 5.41) is 1.73. The number of ether oxygens (including phenoxy) is 6. The third-order valence-corrected chi connectivity index (χ3v) is 8.85. The molecule has 3 atom stereocenters. The lowest BCUT2D eigenvalue weighted by atomic mass is 10.1. The van der Waals surface area contributed by atoms with Gasteiger partial charge in [0.15, 0.2) is 0 Å². The van der Waals surface area contributed by atoms with Gasteiger partial charge in [0, 0.05) is 19.3 Å². The molecule has 9 heteroatoms. The molecule has 3 aliphatic heterocycles. The van der Waals surface area contributed by atoms with Crippen LogP contribution in [0.3, 0.4) is 0 Å². The molecule has 0 radical (unpaired) electrons. The van der Waals surface area contributed by atoms with Gasteiger partial charge in [0.1, 0.15) is 37.1 Å². The van der Waals surface area contributed by atoms with Crippen LogP contribution < -0.4 is 14.2 Å². The fourth-order valence-corrected chi connectivity index (χ4v) is 6.22. The molecule has 0 saturated carbocycles. The van der Waals surface area contributed by atoms with Crippen LogP contribution in [0.1, 0.15) is 33.4 Å². The molecular formula is C36H33Cl3O6. The Kier molecular flexibility index (Phi) is 9.40. The van der Waals surface area contributed by atoms with E-state index in [9.17, 15) is 0 Å². The SMILES string of the molecule is Clc1cccc(CC2CO2)c1OCc1cc(COc2c(Cl)cccc2CC2CO2)cc(COc2c(Cl)cccc2CC2CO2)c1. The molecule has 3 saturated heterocycles. The molecule has 45 heavy (non-hydrogen) atoms. The van der Waals surface area contributed by atoms with Gasteiger partial charge >= 0.3 is 0 Å². The van der Waals surface area contributed by atoms with Gasteiger partial charge in [-0.15, -0.1) is 0 Å². The standard InChI is InChI=1S/C36H33Cl3O6/c37-31-7-1-4-25(13-28-19-40-28)34(31)43-16-22-10-23(17-44-35-26(14-29-20-41-29)5-2-8-32(35)38)12-24(11-22)18-45-36-27(15-30-21-42-30)6-3-9-33(36)39/h1-12,28-30H,13-21H2. The molecule has 7 rings (SSSR count). The maximum Gasteiger partial charge on any atom is 0.141 e. The zero-order valence-electron chi connectivity index (χ0n) is 24.6. The molecule has 6 nitrogen and oxygen atoms in total. The topological polar surface area (TPSA) is 65.3 Å². The molecular weight excluding hydrogens is 635 g/mol. The highest BCUT2D eigenvalue weighted by Gasteiger charge is 2.27. The number of epoxide rings is 3. The number of hydrogen-bond donors (Lipinski definition) is 0. The van der Waals surface area contributed by atoms with Crippen LogP contribution in [0.5, 0.6) is 17.2 Å². The smallest absolute Gasteiger partial charge is 0.141 e. The Balaban J connectivity index is 1.13. The average molecular weight is 668 g/mol. The zero-order valence-corrected chi connectivity index (χ0v) is 26.9. The van der Waals surface area contributed by atoms with Gasteiger partial charge in [0.2, 0.25) is 0 Å². The van der Waals surface area contributed by atoms with E-state index < -0.39 is 0 Å². The molecule has 0 aliphatic carbocycles. The largest absolute Gasteiger partial charge is 0.487 e. The van der Waals surface area contributed by atoms with E-state index >= 15 is 0 Å². The van der Waals surface area contributed by atoms with Crippen molar-refractivity contribution in [2.24, 2.45) is 0 Å².